The van der Waals surface area contributed by atoms with Crippen LogP contribution in [0.4, 0.5) is 0 Å². The number of rotatable bonds is 12. The van der Waals surface area contributed by atoms with Crippen molar-refractivity contribution in [1.82, 2.24) is 29.0 Å². The summed E-state index contributed by atoms with van der Waals surface area (Å²) >= 11 is 12.3. The van der Waals surface area contributed by atoms with Crippen molar-refractivity contribution in [2.75, 3.05) is 19.7 Å². The maximum Gasteiger partial charge on any atom is 0.335 e. The van der Waals surface area contributed by atoms with Gasteiger partial charge in [0.05, 0.1) is 52.4 Å². The second-order valence-electron chi connectivity index (χ2n) is 11.9. The average Bonchev–Trinajstić information content (AvgIpc) is 3.65. The molecule has 3 aromatic heterocycles. The molecule has 1 aliphatic heterocycles. The standard InChI is InChI=1S/C34H36Cl2N6O4/c1-2-41-22-37-17-27(41)18-42-30-14-24(33(44)45)3-5-29(30)39-32(42)19-40-11-8-34(21-43,9-12-40)16-23-7-10-38-26(13-23)20-46-31-6-4-25(35)15-28(31)36/h3-7,10,13-15,17,22,43H,2,8-9,11-12,16,18-21H2,1H3,(H,44,45). The number of likely N-dealkylation sites (tertiary alicyclic amines) is 1. The van der Waals surface area contributed by atoms with E-state index in [9.17, 15) is 15.0 Å². The van der Waals surface area contributed by atoms with E-state index in [0.29, 0.717) is 28.9 Å². The number of hydrogen-bond donors (Lipinski definition) is 2. The van der Waals surface area contributed by atoms with E-state index < -0.39 is 5.97 Å². The number of ether oxygens (including phenoxy) is 1. The molecule has 0 aliphatic carbocycles. The first-order valence-corrected chi connectivity index (χ1v) is 16.1. The Kier molecular flexibility index (Phi) is 9.60. The lowest BCUT2D eigenvalue weighted by atomic mass is 9.74. The zero-order valence-electron chi connectivity index (χ0n) is 25.6. The van der Waals surface area contributed by atoms with Gasteiger partial charge in [-0.2, -0.15) is 0 Å². The third-order valence-electron chi connectivity index (χ3n) is 8.88. The Bertz CT molecular complexity index is 1850. The van der Waals surface area contributed by atoms with E-state index in [2.05, 4.69) is 30.9 Å². The molecule has 0 spiro atoms. The number of fused-ring (bicyclic) bond motifs is 1. The van der Waals surface area contributed by atoms with Gasteiger partial charge in [-0.25, -0.2) is 14.8 Å². The first-order valence-electron chi connectivity index (χ1n) is 15.3. The maximum atomic E-state index is 11.8. The van der Waals surface area contributed by atoms with Gasteiger partial charge in [-0.15, -0.1) is 0 Å². The minimum atomic E-state index is -0.967. The molecule has 0 unspecified atom stereocenters. The monoisotopic (exact) mass is 662 g/mol. The van der Waals surface area contributed by atoms with E-state index in [4.69, 9.17) is 32.9 Å². The quantitative estimate of drug-likeness (QED) is 0.165. The van der Waals surface area contributed by atoms with Gasteiger partial charge in [-0.05, 0) is 98.8 Å². The molecule has 2 aromatic carbocycles. The Morgan fingerprint density at radius 3 is 2.63 bits per heavy atom. The fourth-order valence-corrected chi connectivity index (χ4v) is 6.66. The third kappa shape index (κ3) is 7.05. The summed E-state index contributed by atoms with van der Waals surface area (Å²) in [6, 6.07) is 14.2. The highest BCUT2D eigenvalue weighted by atomic mass is 35.5. The first-order chi connectivity index (χ1) is 22.3. The van der Waals surface area contributed by atoms with Crippen molar-refractivity contribution < 1.29 is 19.7 Å². The van der Waals surface area contributed by atoms with Gasteiger partial charge in [-0.3, -0.25) is 9.88 Å². The molecule has 240 valence electrons. The number of hydrogen-bond acceptors (Lipinski definition) is 7. The van der Waals surface area contributed by atoms with Crippen molar-refractivity contribution in [3.8, 4) is 5.75 Å². The fraction of sp³-hybridized carbons (Fsp3) is 0.353. The number of benzene rings is 2. The maximum absolute atomic E-state index is 11.8. The molecule has 2 N–H and O–H groups in total. The molecular weight excluding hydrogens is 627 g/mol. The Labute approximate surface area is 277 Å². The second-order valence-corrected chi connectivity index (χ2v) is 12.8. The van der Waals surface area contributed by atoms with E-state index in [1.54, 1.807) is 42.6 Å². The Balaban J connectivity index is 1.15. The predicted molar refractivity (Wildman–Crippen MR) is 176 cm³/mol. The summed E-state index contributed by atoms with van der Waals surface area (Å²) in [5.74, 6) is 0.452. The van der Waals surface area contributed by atoms with Crippen LogP contribution in [-0.4, -0.2) is 64.9 Å². The van der Waals surface area contributed by atoms with Crippen molar-refractivity contribution in [3.63, 3.8) is 0 Å². The Morgan fingerprint density at radius 2 is 1.89 bits per heavy atom. The number of aliphatic hydroxyl groups excluding tert-OH is 1. The summed E-state index contributed by atoms with van der Waals surface area (Å²) in [5, 5.41) is 21.2. The largest absolute Gasteiger partial charge is 0.486 e. The molecule has 1 saturated heterocycles. The minimum absolute atomic E-state index is 0.0901. The van der Waals surface area contributed by atoms with Gasteiger partial charge in [0.15, 0.2) is 0 Å². The number of halogens is 2. The highest BCUT2D eigenvalue weighted by molar-refractivity contribution is 6.35. The Hall–Kier alpha value is -3.96. The molecule has 0 radical (unpaired) electrons. The van der Waals surface area contributed by atoms with E-state index in [0.717, 1.165) is 72.7 Å². The van der Waals surface area contributed by atoms with E-state index >= 15 is 0 Å². The molecule has 46 heavy (non-hydrogen) atoms. The molecule has 10 nitrogen and oxygen atoms in total. The Morgan fingerprint density at radius 1 is 1.07 bits per heavy atom. The zero-order valence-corrected chi connectivity index (χ0v) is 27.1. The molecule has 12 heteroatoms. The number of carbonyl (C=O) groups is 1. The van der Waals surface area contributed by atoms with E-state index in [1.165, 1.54) is 0 Å². The number of aromatic nitrogens is 5. The number of aromatic carboxylic acids is 1. The lowest BCUT2D eigenvalue weighted by molar-refractivity contribution is 0.0401. The first kappa shape index (κ1) is 32.0. The molecule has 4 heterocycles. The van der Waals surface area contributed by atoms with Crippen LogP contribution in [0.25, 0.3) is 11.0 Å². The van der Waals surface area contributed by atoms with Crippen LogP contribution in [0.1, 0.15) is 52.9 Å². The van der Waals surface area contributed by atoms with Crippen LogP contribution in [0.2, 0.25) is 10.0 Å². The van der Waals surface area contributed by atoms with Crippen molar-refractivity contribution in [2.45, 2.75) is 52.4 Å². The molecular formula is C34H36Cl2N6O4. The molecule has 6 rings (SSSR count). The number of aryl methyl sites for hydroxylation is 1. The smallest absolute Gasteiger partial charge is 0.335 e. The molecule has 1 fully saturated rings. The van der Waals surface area contributed by atoms with Crippen LogP contribution in [0.15, 0.2) is 67.3 Å². The third-order valence-corrected chi connectivity index (χ3v) is 9.41. The van der Waals surface area contributed by atoms with Crippen molar-refractivity contribution >= 4 is 40.2 Å². The SMILES string of the molecule is CCn1cncc1Cn1c(CN2CCC(CO)(Cc3ccnc(COc4ccc(Cl)cc4Cl)c3)CC2)nc2ccc(C(=O)O)cc21. The van der Waals surface area contributed by atoms with Crippen LogP contribution in [0.5, 0.6) is 5.75 Å². The molecule has 5 aromatic rings. The van der Waals surface area contributed by atoms with Crippen LogP contribution in [-0.2, 0) is 32.7 Å². The lowest BCUT2D eigenvalue weighted by Gasteiger charge is -2.41. The van der Waals surface area contributed by atoms with Gasteiger partial charge in [0.25, 0.3) is 0 Å². The summed E-state index contributed by atoms with van der Waals surface area (Å²) in [7, 11) is 0. The number of carboxylic acid groups (broad SMARTS) is 1. The van der Waals surface area contributed by atoms with E-state index in [1.807, 2.05) is 24.7 Å². The molecule has 0 saturated carbocycles. The minimum Gasteiger partial charge on any atom is -0.486 e. The number of piperidine rings is 1. The van der Waals surface area contributed by atoms with Crippen molar-refractivity contribution in [3.05, 3.63) is 106 Å². The van der Waals surface area contributed by atoms with Gasteiger partial charge in [0, 0.05) is 30.6 Å². The number of imidazole rings is 2. The van der Waals surface area contributed by atoms with Crippen LogP contribution in [0.3, 0.4) is 0 Å². The van der Waals surface area contributed by atoms with Crippen molar-refractivity contribution in [1.29, 1.82) is 0 Å². The highest BCUT2D eigenvalue weighted by Crippen LogP contribution is 2.36. The van der Waals surface area contributed by atoms with Crippen LogP contribution < -0.4 is 4.74 Å². The predicted octanol–water partition coefficient (Wildman–Crippen LogP) is 6.10. The van der Waals surface area contributed by atoms with Crippen LogP contribution >= 0.6 is 23.2 Å². The van der Waals surface area contributed by atoms with E-state index in [-0.39, 0.29) is 24.2 Å². The molecule has 0 bridgehead atoms. The second kappa shape index (κ2) is 13.8. The fourth-order valence-electron chi connectivity index (χ4n) is 6.20. The number of nitrogens with zero attached hydrogens (tertiary/aromatic N) is 6. The van der Waals surface area contributed by atoms with Crippen molar-refractivity contribution in [2.24, 2.45) is 5.41 Å². The van der Waals surface area contributed by atoms with Crippen LogP contribution in [0, 0.1) is 5.41 Å². The van der Waals surface area contributed by atoms with Gasteiger partial charge in [-0.1, -0.05) is 23.2 Å². The number of pyridine rings is 1. The lowest BCUT2D eigenvalue weighted by Crippen LogP contribution is -2.43. The summed E-state index contributed by atoms with van der Waals surface area (Å²) in [5.41, 5.74) is 4.44. The molecule has 0 atom stereocenters. The molecule has 1 aliphatic rings. The number of aliphatic hydroxyl groups is 1. The summed E-state index contributed by atoms with van der Waals surface area (Å²) in [6.45, 7) is 5.96. The summed E-state index contributed by atoms with van der Waals surface area (Å²) in [4.78, 5) is 27.9. The summed E-state index contributed by atoms with van der Waals surface area (Å²) in [6.07, 6.45) is 7.81. The van der Waals surface area contributed by atoms with Gasteiger partial charge < -0.3 is 24.1 Å². The average molecular weight is 664 g/mol. The topological polar surface area (TPSA) is 119 Å². The highest BCUT2D eigenvalue weighted by Gasteiger charge is 2.35. The van der Waals surface area contributed by atoms with Gasteiger partial charge in [0.1, 0.15) is 18.2 Å². The zero-order chi connectivity index (χ0) is 32.3. The van der Waals surface area contributed by atoms with Gasteiger partial charge >= 0.3 is 5.97 Å². The number of carboxylic acids is 1. The molecule has 0 amide bonds. The van der Waals surface area contributed by atoms with Gasteiger partial charge in [0.2, 0.25) is 0 Å². The normalized spacial score (nSPS) is 15.0. The summed E-state index contributed by atoms with van der Waals surface area (Å²) < 4.78 is 10.1.